The summed E-state index contributed by atoms with van der Waals surface area (Å²) in [6.07, 6.45) is -0.562. The van der Waals surface area contributed by atoms with Crippen molar-refractivity contribution in [3.8, 4) is 17.0 Å². The first-order chi connectivity index (χ1) is 10.5. The van der Waals surface area contributed by atoms with E-state index in [4.69, 9.17) is 4.74 Å². The number of aliphatic hydroxyl groups is 1. The number of aromatic nitrogens is 2. The number of nitrogens with zero attached hydrogens (tertiary/aromatic N) is 1. The Morgan fingerprint density at radius 3 is 2.64 bits per heavy atom. The predicted molar refractivity (Wildman–Crippen MR) is 83.8 cm³/mol. The lowest BCUT2D eigenvalue weighted by atomic mass is 10.1. The summed E-state index contributed by atoms with van der Waals surface area (Å²) in [7, 11) is 1.61. The van der Waals surface area contributed by atoms with Crippen molar-refractivity contribution >= 4 is 5.91 Å². The minimum absolute atomic E-state index is 0.0944. The summed E-state index contributed by atoms with van der Waals surface area (Å²) in [5.41, 5.74) is 1.93. The molecule has 6 heteroatoms. The standard InChI is InChI=1S/C16H21N3O3/c1-10(2)15(20)9-17-16(21)14-8-13(18-19-14)11-4-6-12(22-3)7-5-11/h4-8,10,15,20H,9H2,1-3H3,(H,17,21)(H,18,19). The summed E-state index contributed by atoms with van der Waals surface area (Å²) in [4.78, 5) is 12.0. The third-order valence-corrected chi connectivity index (χ3v) is 3.45. The summed E-state index contributed by atoms with van der Waals surface area (Å²) in [5.74, 6) is 0.573. The quantitative estimate of drug-likeness (QED) is 0.760. The zero-order chi connectivity index (χ0) is 16.1. The lowest BCUT2D eigenvalue weighted by Crippen LogP contribution is -2.34. The molecule has 0 aliphatic heterocycles. The Hall–Kier alpha value is -2.34. The van der Waals surface area contributed by atoms with Crippen LogP contribution >= 0.6 is 0 Å². The second-order valence-corrected chi connectivity index (χ2v) is 5.42. The van der Waals surface area contributed by atoms with Crippen LogP contribution in [-0.2, 0) is 0 Å². The van der Waals surface area contributed by atoms with Crippen LogP contribution in [0.3, 0.4) is 0 Å². The lowest BCUT2D eigenvalue weighted by molar-refractivity contribution is 0.0867. The van der Waals surface area contributed by atoms with Crippen molar-refractivity contribution in [3.63, 3.8) is 0 Å². The van der Waals surface area contributed by atoms with E-state index in [0.717, 1.165) is 11.3 Å². The maximum absolute atomic E-state index is 12.0. The molecule has 1 atom stereocenters. The number of aliphatic hydroxyl groups excluding tert-OH is 1. The highest BCUT2D eigenvalue weighted by atomic mass is 16.5. The lowest BCUT2D eigenvalue weighted by Gasteiger charge is -2.14. The maximum Gasteiger partial charge on any atom is 0.269 e. The number of benzene rings is 1. The van der Waals surface area contributed by atoms with Crippen molar-refractivity contribution in [1.82, 2.24) is 15.5 Å². The van der Waals surface area contributed by atoms with Gasteiger partial charge < -0.3 is 15.2 Å². The van der Waals surface area contributed by atoms with Gasteiger partial charge in [-0.25, -0.2) is 0 Å². The SMILES string of the molecule is COc1ccc(-c2cc(C(=O)NCC(O)C(C)C)[nH]n2)cc1. The third-order valence-electron chi connectivity index (χ3n) is 3.45. The highest BCUT2D eigenvalue weighted by Gasteiger charge is 2.14. The van der Waals surface area contributed by atoms with Crippen LogP contribution in [0.2, 0.25) is 0 Å². The van der Waals surface area contributed by atoms with Gasteiger partial charge in [0.15, 0.2) is 0 Å². The molecule has 118 valence electrons. The van der Waals surface area contributed by atoms with Crippen LogP contribution in [0.4, 0.5) is 0 Å². The molecule has 2 aromatic rings. The van der Waals surface area contributed by atoms with Gasteiger partial charge in [-0.15, -0.1) is 0 Å². The summed E-state index contributed by atoms with van der Waals surface area (Å²) < 4.78 is 5.11. The molecule has 0 aliphatic rings. The Labute approximate surface area is 129 Å². The van der Waals surface area contributed by atoms with E-state index in [0.29, 0.717) is 11.4 Å². The number of amides is 1. The van der Waals surface area contributed by atoms with Crippen LogP contribution in [-0.4, -0.2) is 41.0 Å². The van der Waals surface area contributed by atoms with Crippen LogP contribution in [0.15, 0.2) is 30.3 Å². The fraction of sp³-hybridized carbons (Fsp3) is 0.375. The number of aromatic amines is 1. The molecule has 1 heterocycles. The van der Waals surface area contributed by atoms with E-state index >= 15 is 0 Å². The Morgan fingerprint density at radius 1 is 1.36 bits per heavy atom. The average Bonchev–Trinajstić information content (AvgIpc) is 3.02. The van der Waals surface area contributed by atoms with Crippen molar-refractivity contribution in [2.45, 2.75) is 20.0 Å². The molecule has 1 aromatic heterocycles. The molecule has 0 fully saturated rings. The smallest absolute Gasteiger partial charge is 0.269 e. The van der Waals surface area contributed by atoms with E-state index < -0.39 is 6.10 Å². The number of H-pyrrole nitrogens is 1. The first-order valence-corrected chi connectivity index (χ1v) is 7.17. The fourth-order valence-corrected chi connectivity index (χ4v) is 1.88. The molecular weight excluding hydrogens is 282 g/mol. The molecule has 22 heavy (non-hydrogen) atoms. The zero-order valence-electron chi connectivity index (χ0n) is 13.0. The molecule has 1 unspecified atom stereocenters. The van der Waals surface area contributed by atoms with E-state index in [1.54, 1.807) is 13.2 Å². The maximum atomic E-state index is 12.0. The first-order valence-electron chi connectivity index (χ1n) is 7.17. The van der Waals surface area contributed by atoms with Crippen molar-refractivity contribution in [1.29, 1.82) is 0 Å². The molecule has 0 radical (unpaired) electrons. The van der Waals surface area contributed by atoms with Gasteiger partial charge in [-0.1, -0.05) is 13.8 Å². The molecule has 2 rings (SSSR count). The molecular formula is C16H21N3O3. The Bertz CT molecular complexity index is 620. The van der Waals surface area contributed by atoms with Gasteiger partial charge in [0.05, 0.1) is 18.9 Å². The number of nitrogens with one attached hydrogen (secondary N) is 2. The number of carbonyl (C=O) groups excluding carboxylic acids is 1. The second-order valence-electron chi connectivity index (χ2n) is 5.42. The molecule has 0 saturated carbocycles. The van der Waals surface area contributed by atoms with E-state index in [-0.39, 0.29) is 18.4 Å². The summed E-state index contributed by atoms with van der Waals surface area (Å²) in [6, 6.07) is 9.10. The largest absolute Gasteiger partial charge is 0.497 e. The fourth-order valence-electron chi connectivity index (χ4n) is 1.88. The number of hydrogen-bond acceptors (Lipinski definition) is 4. The van der Waals surface area contributed by atoms with E-state index in [2.05, 4.69) is 15.5 Å². The summed E-state index contributed by atoms with van der Waals surface area (Å²) in [6.45, 7) is 4.01. The van der Waals surface area contributed by atoms with Crippen molar-refractivity contribution in [2.24, 2.45) is 5.92 Å². The normalized spacial score (nSPS) is 12.2. The Morgan fingerprint density at radius 2 is 2.05 bits per heavy atom. The molecule has 6 nitrogen and oxygen atoms in total. The van der Waals surface area contributed by atoms with Gasteiger partial charge in [0.1, 0.15) is 11.4 Å². The summed E-state index contributed by atoms with van der Waals surface area (Å²) >= 11 is 0. The third kappa shape index (κ3) is 3.85. The minimum Gasteiger partial charge on any atom is -0.497 e. The second kappa shape index (κ2) is 7.09. The van der Waals surface area contributed by atoms with Crippen molar-refractivity contribution in [2.75, 3.05) is 13.7 Å². The van der Waals surface area contributed by atoms with E-state index in [9.17, 15) is 9.90 Å². The van der Waals surface area contributed by atoms with Gasteiger partial charge in [0, 0.05) is 12.1 Å². The van der Waals surface area contributed by atoms with Crippen LogP contribution in [0.1, 0.15) is 24.3 Å². The van der Waals surface area contributed by atoms with E-state index in [1.165, 1.54) is 0 Å². The van der Waals surface area contributed by atoms with Crippen LogP contribution in [0.25, 0.3) is 11.3 Å². The highest BCUT2D eigenvalue weighted by molar-refractivity contribution is 5.93. The number of ether oxygens (including phenoxy) is 1. The predicted octanol–water partition coefficient (Wildman–Crippen LogP) is 1.83. The Kier molecular flexibility index (Phi) is 5.16. The number of rotatable bonds is 6. The molecule has 1 aromatic carbocycles. The Balaban J connectivity index is 2.02. The van der Waals surface area contributed by atoms with Crippen LogP contribution in [0, 0.1) is 5.92 Å². The molecule has 0 bridgehead atoms. The molecule has 3 N–H and O–H groups in total. The monoisotopic (exact) mass is 303 g/mol. The van der Waals surface area contributed by atoms with Gasteiger partial charge >= 0.3 is 0 Å². The average molecular weight is 303 g/mol. The van der Waals surface area contributed by atoms with Crippen LogP contribution < -0.4 is 10.1 Å². The highest BCUT2D eigenvalue weighted by Crippen LogP contribution is 2.21. The van der Waals surface area contributed by atoms with Gasteiger partial charge in [0.25, 0.3) is 5.91 Å². The van der Waals surface area contributed by atoms with Gasteiger partial charge in [-0.2, -0.15) is 5.10 Å². The van der Waals surface area contributed by atoms with E-state index in [1.807, 2.05) is 38.1 Å². The van der Waals surface area contributed by atoms with Gasteiger partial charge in [-0.3, -0.25) is 9.89 Å². The number of carbonyl (C=O) groups is 1. The molecule has 0 saturated heterocycles. The topological polar surface area (TPSA) is 87.2 Å². The first kappa shape index (κ1) is 16.0. The van der Waals surface area contributed by atoms with Crippen molar-refractivity contribution in [3.05, 3.63) is 36.0 Å². The number of hydrogen-bond donors (Lipinski definition) is 3. The number of methoxy groups -OCH3 is 1. The zero-order valence-corrected chi connectivity index (χ0v) is 13.0. The molecule has 0 spiro atoms. The summed E-state index contributed by atoms with van der Waals surface area (Å²) in [5, 5.41) is 19.2. The minimum atomic E-state index is -0.562. The van der Waals surface area contributed by atoms with Gasteiger partial charge in [0.2, 0.25) is 0 Å². The van der Waals surface area contributed by atoms with Crippen molar-refractivity contribution < 1.29 is 14.6 Å². The molecule has 0 aliphatic carbocycles. The molecule has 1 amide bonds. The van der Waals surface area contributed by atoms with Gasteiger partial charge in [-0.05, 0) is 36.2 Å². The van der Waals surface area contributed by atoms with Crippen LogP contribution in [0.5, 0.6) is 5.75 Å².